The topological polar surface area (TPSA) is 102 Å². The van der Waals surface area contributed by atoms with Crippen molar-refractivity contribution in [2.45, 2.75) is 20.8 Å². The highest BCUT2D eigenvalue weighted by atomic mass is 16.6. The van der Waals surface area contributed by atoms with E-state index in [1.165, 1.54) is 18.2 Å². The van der Waals surface area contributed by atoms with E-state index in [-0.39, 0.29) is 5.70 Å². The maximum Gasteiger partial charge on any atom is 0.363 e. The van der Waals surface area contributed by atoms with Crippen molar-refractivity contribution in [3.05, 3.63) is 39.6 Å². The van der Waals surface area contributed by atoms with E-state index in [2.05, 4.69) is 4.99 Å². The fourth-order valence-electron chi connectivity index (χ4n) is 1.67. The number of nitro groups is 1. The second-order valence-corrected chi connectivity index (χ2v) is 5.59. The van der Waals surface area contributed by atoms with Gasteiger partial charge >= 0.3 is 11.7 Å². The fraction of sp³-hybridized carbons (Fsp3) is 0.286. The van der Waals surface area contributed by atoms with E-state index in [4.69, 9.17) is 4.74 Å². The van der Waals surface area contributed by atoms with Crippen molar-refractivity contribution in [1.82, 2.24) is 0 Å². The molecule has 0 unspecified atom stereocenters. The molecule has 0 saturated heterocycles. The van der Waals surface area contributed by atoms with E-state index in [1.54, 1.807) is 0 Å². The SMILES string of the molecule is CC(C)(C)C1=NC(=Cc2ccc([N+](=O)[O-])c(O)c2)C(=O)O1. The van der Waals surface area contributed by atoms with Gasteiger partial charge in [0.15, 0.2) is 11.4 Å². The van der Waals surface area contributed by atoms with Gasteiger partial charge in [-0.1, -0.05) is 20.8 Å². The van der Waals surface area contributed by atoms with Crippen molar-refractivity contribution in [3.8, 4) is 5.75 Å². The van der Waals surface area contributed by atoms with Crippen LogP contribution in [0.25, 0.3) is 6.08 Å². The van der Waals surface area contributed by atoms with Crippen molar-refractivity contribution in [2.75, 3.05) is 0 Å². The van der Waals surface area contributed by atoms with Crippen LogP contribution in [0.3, 0.4) is 0 Å². The quantitative estimate of drug-likeness (QED) is 0.390. The van der Waals surface area contributed by atoms with Crippen molar-refractivity contribution >= 4 is 23.6 Å². The van der Waals surface area contributed by atoms with Crippen LogP contribution >= 0.6 is 0 Å². The van der Waals surface area contributed by atoms with Gasteiger partial charge < -0.3 is 9.84 Å². The van der Waals surface area contributed by atoms with Crippen molar-refractivity contribution in [1.29, 1.82) is 0 Å². The molecule has 7 heteroatoms. The van der Waals surface area contributed by atoms with Crippen LogP contribution < -0.4 is 0 Å². The molecule has 0 radical (unpaired) electrons. The number of rotatable bonds is 2. The van der Waals surface area contributed by atoms with E-state index in [9.17, 15) is 20.0 Å². The number of nitrogens with zero attached hydrogens (tertiary/aromatic N) is 2. The molecule has 21 heavy (non-hydrogen) atoms. The summed E-state index contributed by atoms with van der Waals surface area (Å²) in [5.41, 5.74) is -0.287. The Balaban J connectivity index is 2.36. The largest absolute Gasteiger partial charge is 0.502 e. The van der Waals surface area contributed by atoms with Gasteiger partial charge in [-0.2, -0.15) is 0 Å². The Labute approximate surface area is 120 Å². The molecule has 1 aromatic rings. The van der Waals surface area contributed by atoms with E-state index in [0.29, 0.717) is 11.5 Å². The van der Waals surface area contributed by atoms with Crippen molar-refractivity contribution < 1.29 is 19.6 Å². The normalized spacial score (nSPS) is 16.8. The number of phenolic OH excluding ortho intramolecular Hbond substituents is 1. The summed E-state index contributed by atoms with van der Waals surface area (Å²) < 4.78 is 5.07. The number of aromatic hydroxyl groups is 1. The molecule has 1 aliphatic heterocycles. The summed E-state index contributed by atoms with van der Waals surface area (Å²) >= 11 is 0. The first-order chi connectivity index (χ1) is 9.68. The summed E-state index contributed by atoms with van der Waals surface area (Å²) in [5, 5.41) is 20.2. The van der Waals surface area contributed by atoms with E-state index < -0.39 is 27.7 Å². The van der Waals surface area contributed by atoms with Gasteiger partial charge in [0.25, 0.3) is 0 Å². The summed E-state index contributed by atoms with van der Waals surface area (Å²) in [6.07, 6.45) is 1.41. The van der Waals surface area contributed by atoms with Crippen LogP contribution in [-0.4, -0.2) is 21.9 Å². The molecular formula is C14H14N2O5. The summed E-state index contributed by atoms with van der Waals surface area (Å²) in [6.45, 7) is 5.58. The van der Waals surface area contributed by atoms with Gasteiger partial charge in [0.05, 0.1) is 4.92 Å². The molecule has 1 aromatic carbocycles. The molecule has 1 heterocycles. The monoisotopic (exact) mass is 290 g/mol. The Hall–Kier alpha value is -2.70. The molecule has 1 N–H and O–H groups in total. The first-order valence-electron chi connectivity index (χ1n) is 6.19. The van der Waals surface area contributed by atoms with Crippen LogP contribution in [0.1, 0.15) is 26.3 Å². The van der Waals surface area contributed by atoms with Gasteiger partial charge in [-0.25, -0.2) is 9.79 Å². The van der Waals surface area contributed by atoms with E-state index in [1.807, 2.05) is 20.8 Å². The molecule has 1 aliphatic rings. The first-order valence-corrected chi connectivity index (χ1v) is 6.19. The molecule has 0 fully saturated rings. The van der Waals surface area contributed by atoms with Gasteiger partial charge in [-0.3, -0.25) is 10.1 Å². The molecule has 2 rings (SSSR count). The van der Waals surface area contributed by atoms with Gasteiger partial charge in [-0.05, 0) is 23.8 Å². The molecule has 110 valence electrons. The van der Waals surface area contributed by atoms with Crippen LogP contribution in [0.2, 0.25) is 0 Å². The number of carbonyl (C=O) groups is 1. The molecule has 0 aliphatic carbocycles. The Morgan fingerprint density at radius 3 is 2.52 bits per heavy atom. The highest BCUT2D eigenvalue weighted by Crippen LogP contribution is 2.29. The third-order valence-electron chi connectivity index (χ3n) is 2.76. The number of carbonyl (C=O) groups excluding carboxylic acids is 1. The zero-order chi connectivity index (χ0) is 15.8. The lowest BCUT2D eigenvalue weighted by Gasteiger charge is -2.15. The van der Waals surface area contributed by atoms with Crippen LogP contribution in [-0.2, 0) is 9.53 Å². The van der Waals surface area contributed by atoms with Crippen LogP contribution in [0, 0.1) is 15.5 Å². The molecule has 0 spiro atoms. The second kappa shape index (κ2) is 5.01. The average Bonchev–Trinajstić information content (AvgIpc) is 2.70. The molecule has 0 aromatic heterocycles. The van der Waals surface area contributed by atoms with Crippen LogP contribution in [0.5, 0.6) is 5.75 Å². The minimum Gasteiger partial charge on any atom is -0.502 e. The zero-order valence-electron chi connectivity index (χ0n) is 11.8. The summed E-state index contributed by atoms with van der Waals surface area (Å²) in [6, 6.07) is 3.78. The average molecular weight is 290 g/mol. The zero-order valence-corrected chi connectivity index (χ0v) is 11.8. The lowest BCUT2D eigenvalue weighted by molar-refractivity contribution is -0.385. The Kier molecular flexibility index (Phi) is 3.51. The highest BCUT2D eigenvalue weighted by molar-refractivity contribution is 6.08. The second-order valence-electron chi connectivity index (χ2n) is 5.59. The molecule has 0 amide bonds. The number of ether oxygens (including phenoxy) is 1. The smallest absolute Gasteiger partial charge is 0.363 e. The standard InChI is InChI=1S/C14H14N2O5/c1-14(2,3)13-15-9(12(18)21-13)6-8-4-5-10(16(19)20)11(17)7-8/h4-7,17H,1-3H3. The van der Waals surface area contributed by atoms with Crippen molar-refractivity contribution in [2.24, 2.45) is 10.4 Å². The molecule has 0 bridgehead atoms. The Bertz CT molecular complexity index is 683. The molecule has 0 saturated carbocycles. The van der Waals surface area contributed by atoms with E-state index in [0.717, 1.165) is 6.07 Å². The maximum atomic E-state index is 11.7. The predicted octanol–water partition coefficient (Wildman–Crippen LogP) is 2.64. The number of hydrogen-bond donors (Lipinski definition) is 1. The number of nitro benzene ring substituents is 1. The third-order valence-corrected chi connectivity index (χ3v) is 2.76. The van der Waals surface area contributed by atoms with E-state index >= 15 is 0 Å². The van der Waals surface area contributed by atoms with Gasteiger partial charge in [-0.15, -0.1) is 0 Å². The summed E-state index contributed by atoms with van der Waals surface area (Å²) in [4.78, 5) is 25.8. The lowest BCUT2D eigenvalue weighted by atomic mass is 9.97. The number of aliphatic imine (C=N–C) groups is 1. The minimum atomic E-state index is -0.689. The molecular weight excluding hydrogens is 276 g/mol. The highest BCUT2D eigenvalue weighted by Gasteiger charge is 2.31. The number of phenols is 1. The van der Waals surface area contributed by atoms with Crippen molar-refractivity contribution in [3.63, 3.8) is 0 Å². The van der Waals surface area contributed by atoms with Gasteiger partial charge in [0.1, 0.15) is 0 Å². The first kappa shape index (κ1) is 14.7. The number of hydrogen-bond acceptors (Lipinski definition) is 6. The summed E-state index contributed by atoms with van der Waals surface area (Å²) in [5.74, 6) is -0.747. The maximum absolute atomic E-state index is 11.7. The van der Waals surface area contributed by atoms with Gasteiger partial charge in [0, 0.05) is 11.5 Å². The van der Waals surface area contributed by atoms with Crippen LogP contribution in [0.15, 0.2) is 28.9 Å². The number of cyclic esters (lactones) is 1. The number of benzene rings is 1. The third kappa shape index (κ3) is 3.07. The minimum absolute atomic E-state index is 0.0909. The molecule has 0 atom stereocenters. The molecule has 7 nitrogen and oxygen atoms in total. The Morgan fingerprint density at radius 2 is 2.05 bits per heavy atom. The Morgan fingerprint density at radius 1 is 1.38 bits per heavy atom. The van der Waals surface area contributed by atoms with Gasteiger partial charge in [0.2, 0.25) is 5.90 Å². The number of esters is 1. The van der Waals surface area contributed by atoms with Crippen LogP contribution in [0.4, 0.5) is 5.69 Å². The summed E-state index contributed by atoms with van der Waals surface area (Å²) in [7, 11) is 0. The predicted molar refractivity (Wildman–Crippen MR) is 75.7 cm³/mol. The fourth-order valence-corrected chi connectivity index (χ4v) is 1.67. The lowest BCUT2D eigenvalue weighted by Crippen LogP contribution is -2.21.